The van der Waals surface area contributed by atoms with Crippen LogP contribution in [-0.2, 0) is 17.8 Å². The van der Waals surface area contributed by atoms with Crippen LogP contribution in [0.5, 0.6) is 0 Å². The van der Waals surface area contributed by atoms with Crippen molar-refractivity contribution in [1.82, 2.24) is 15.1 Å². The Morgan fingerprint density at radius 2 is 1.58 bits per heavy atom. The van der Waals surface area contributed by atoms with Crippen molar-refractivity contribution in [3.63, 3.8) is 0 Å². The summed E-state index contributed by atoms with van der Waals surface area (Å²) in [5.41, 5.74) is 9.84. The van der Waals surface area contributed by atoms with Crippen LogP contribution >= 0.6 is 0 Å². The van der Waals surface area contributed by atoms with Gasteiger partial charge in [-0.15, -0.1) is 0 Å². The highest BCUT2D eigenvalue weighted by molar-refractivity contribution is 5.89. The van der Waals surface area contributed by atoms with Gasteiger partial charge in [-0.05, 0) is 42.1 Å². The zero-order valence-electron chi connectivity index (χ0n) is 18.2. The number of benzene rings is 2. The second kappa shape index (κ2) is 9.19. The summed E-state index contributed by atoms with van der Waals surface area (Å²) < 4.78 is 0. The summed E-state index contributed by atoms with van der Waals surface area (Å²) in [6.07, 6.45) is 1.86. The first-order valence-corrected chi connectivity index (χ1v) is 11.0. The molecule has 1 saturated heterocycles. The molecule has 4 rings (SSSR count). The molecule has 1 unspecified atom stereocenters. The Hall–Kier alpha value is -2.72. The Labute approximate surface area is 184 Å². The smallest absolute Gasteiger partial charge is 0.241 e. The molecule has 1 aliphatic heterocycles. The summed E-state index contributed by atoms with van der Waals surface area (Å²) in [6.45, 7) is 5.51. The topological polar surface area (TPSA) is 85.4 Å². The number of piperazine rings is 1. The van der Waals surface area contributed by atoms with Gasteiger partial charge in [-0.2, -0.15) is 5.26 Å². The minimum absolute atomic E-state index is 0.215. The van der Waals surface area contributed by atoms with E-state index in [1.807, 2.05) is 12.1 Å². The van der Waals surface area contributed by atoms with E-state index >= 15 is 0 Å². The molecule has 0 radical (unpaired) electrons. The van der Waals surface area contributed by atoms with Gasteiger partial charge in [0, 0.05) is 39.1 Å². The van der Waals surface area contributed by atoms with Crippen molar-refractivity contribution < 1.29 is 4.79 Å². The van der Waals surface area contributed by atoms with Crippen LogP contribution in [0.2, 0.25) is 0 Å². The fourth-order valence-electron chi connectivity index (χ4n) is 3.93. The zero-order valence-corrected chi connectivity index (χ0v) is 18.2. The molecule has 1 atom stereocenters. The van der Waals surface area contributed by atoms with Crippen LogP contribution in [0.1, 0.15) is 24.0 Å². The number of hydrogen-bond donors (Lipinski definition) is 2. The van der Waals surface area contributed by atoms with Crippen molar-refractivity contribution in [2.45, 2.75) is 37.4 Å². The van der Waals surface area contributed by atoms with Crippen molar-refractivity contribution in [2.24, 2.45) is 5.73 Å². The molecule has 1 heterocycles. The van der Waals surface area contributed by atoms with Crippen molar-refractivity contribution in [3.8, 4) is 17.2 Å². The Morgan fingerprint density at radius 1 is 1.03 bits per heavy atom. The lowest BCUT2D eigenvalue weighted by molar-refractivity contribution is -0.123. The number of nitriles is 1. The molecule has 2 aromatic carbocycles. The van der Waals surface area contributed by atoms with Gasteiger partial charge >= 0.3 is 0 Å². The Balaban J connectivity index is 1.33. The van der Waals surface area contributed by atoms with Crippen molar-refractivity contribution in [1.29, 1.82) is 5.26 Å². The highest BCUT2D eigenvalue weighted by atomic mass is 16.2. The molecule has 1 saturated carbocycles. The van der Waals surface area contributed by atoms with Crippen molar-refractivity contribution in [3.05, 3.63) is 59.7 Å². The SMILES string of the molecule is CN1CCN(Cc2ccc(-c3ccc(CC(C#N)NC(=O)C4(N)CC4)cc3)cc2)CC1. The number of nitrogens with one attached hydrogen (secondary N) is 1. The van der Waals surface area contributed by atoms with Gasteiger partial charge in [0.25, 0.3) is 0 Å². The van der Waals surface area contributed by atoms with Crippen LogP contribution in [0.4, 0.5) is 0 Å². The minimum atomic E-state index is -0.754. The predicted octanol–water partition coefficient (Wildman–Crippen LogP) is 2.14. The molecular formula is C25H31N5O. The molecule has 2 aromatic rings. The summed E-state index contributed by atoms with van der Waals surface area (Å²) in [5, 5.41) is 12.2. The van der Waals surface area contributed by atoms with E-state index in [0.29, 0.717) is 19.3 Å². The van der Waals surface area contributed by atoms with Gasteiger partial charge in [0.05, 0.1) is 11.6 Å². The lowest BCUT2D eigenvalue weighted by atomic mass is 10.00. The molecule has 6 nitrogen and oxygen atoms in total. The third kappa shape index (κ3) is 5.50. The molecule has 162 valence electrons. The molecule has 3 N–H and O–H groups in total. The molecule has 1 aliphatic carbocycles. The molecule has 0 aromatic heterocycles. The average molecular weight is 418 g/mol. The van der Waals surface area contributed by atoms with Crippen LogP contribution in [0.3, 0.4) is 0 Å². The Morgan fingerprint density at radius 3 is 2.10 bits per heavy atom. The average Bonchev–Trinajstić information content (AvgIpc) is 3.54. The monoisotopic (exact) mass is 417 g/mol. The van der Waals surface area contributed by atoms with E-state index in [0.717, 1.165) is 43.9 Å². The number of hydrogen-bond acceptors (Lipinski definition) is 5. The standard InChI is InChI=1S/C25H31N5O/c1-29-12-14-30(15-13-29)18-20-4-8-22(9-5-20)21-6-2-19(3-7-21)16-23(17-26)28-24(31)25(27)10-11-25/h2-9,23H,10-16,18,27H2,1H3,(H,28,31). The van der Waals surface area contributed by atoms with Gasteiger partial charge in [-0.3, -0.25) is 9.69 Å². The third-order valence-electron chi connectivity index (χ3n) is 6.39. The van der Waals surface area contributed by atoms with Crippen LogP contribution in [0.25, 0.3) is 11.1 Å². The Kier molecular flexibility index (Phi) is 6.38. The maximum atomic E-state index is 12.1. The molecule has 2 fully saturated rings. The first kappa shape index (κ1) is 21.5. The van der Waals surface area contributed by atoms with E-state index < -0.39 is 11.6 Å². The lowest BCUT2D eigenvalue weighted by Gasteiger charge is -2.32. The van der Waals surface area contributed by atoms with Crippen molar-refractivity contribution >= 4 is 5.91 Å². The Bertz CT molecular complexity index is 935. The van der Waals surface area contributed by atoms with E-state index in [-0.39, 0.29) is 5.91 Å². The number of likely N-dealkylation sites (N-methyl/N-ethyl adjacent to an activating group) is 1. The number of carbonyl (C=O) groups is 1. The van der Waals surface area contributed by atoms with E-state index in [9.17, 15) is 10.1 Å². The van der Waals surface area contributed by atoms with Crippen LogP contribution in [0.15, 0.2) is 48.5 Å². The third-order valence-corrected chi connectivity index (χ3v) is 6.39. The fraction of sp³-hybridized carbons (Fsp3) is 0.440. The fourth-order valence-corrected chi connectivity index (χ4v) is 3.93. The van der Waals surface area contributed by atoms with Gasteiger partial charge in [0.1, 0.15) is 6.04 Å². The molecule has 1 amide bonds. The number of nitrogens with zero attached hydrogens (tertiary/aromatic N) is 3. The number of rotatable bonds is 7. The second-order valence-corrected chi connectivity index (χ2v) is 8.99. The molecule has 2 aliphatic rings. The molecule has 6 heteroatoms. The molecular weight excluding hydrogens is 386 g/mol. The van der Waals surface area contributed by atoms with E-state index in [4.69, 9.17) is 5.73 Å². The molecule has 0 spiro atoms. The summed E-state index contributed by atoms with van der Waals surface area (Å²) >= 11 is 0. The maximum Gasteiger partial charge on any atom is 0.241 e. The van der Waals surface area contributed by atoms with Gasteiger partial charge in [0.15, 0.2) is 0 Å². The lowest BCUT2D eigenvalue weighted by Crippen LogP contribution is -2.47. The van der Waals surface area contributed by atoms with Crippen LogP contribution < -0.4 is 11.1 Å². The predicted molar refractivity (Wildman–Crippen MR) is 122 cm³/mol. The van der Waals surface area contributed by atoms with Crippen molar-refractivity contribution in [2.75, 3.05) is 33.2 Å². The van der Waals surface area contributed by atoms with Gasteiger partial charge in [-0.25, -0.2) is 0 Å². The first-order valence-electron chi connectivity index (χ1n) is 11.0. The summed E-state index contributed by atoms with van der Waals surface area (Å²) in [7, 11) is 2.18. The summed E-state index contributed by atoms with van der Waals surface area (Å²) in [5.74, 6) is -0.215. The highest BCUT2D eigenvalue weighted by Gasteiger charge is 2.46. The minimum Gasteiger partial charge on any atom is -0.338 e. The number of carbonyl (C=O) groups excluding carboxylic acids is 1. The zero-order chi connectivity index (χ0) is 21.8. The quantitative estimate of drug-likeness (QED) is 0.721. The van der Waals surface area contributed by atoms with Gasteiger partial charge < -0.3 is 16.0 Å². The molecule has 31 heavy (non-hydrogen) atoms. The number of nitrogens with two attached hydrogens (primary N) is 1. The van der Waals surface area contributed by atoms with Gasteiger partial charge in [0.2, 0.25) is 5.91 Å². The maximum absolute atomic E-state index is 12.1. The van der Waals surface area contributed by atoms with Crippen LogP contribution in [0, 0.1) is 11.3 Å². The van der Waals surface area contributed by atoms with Crippen LogP contribution in [-0.4, -0.2) is 60.5 Å². The summed E-state index contributed by atoms with van der Waals surface area (Å²) in [4.78, 5) is 17.0. The highest BCUT2D eigenvalue weighted by Crippen LogP contribution is 2.32. The van der Waals surface area contributed by atoms with Gasteiger partial charge in [-0.1, -0.05) is 48.5 Å². The van der Waals surface area contributed by atoms with E-state index in [1.54, 1.807) is 0 Å². The van der Waals surface area contributed by atoms with E-state index in [2.05, 4.69) is 64.6 Å². The van der Waals surface area contributed by atoms with E-state index in [1.165, 1.54) is 11.1 Å². The molecule has 0 bridgehead atoms. The number of amides is 1. The second-order valence-electron chi connectivity index (χ2n) is 8.99. The summed E-state index contributed by atoms with van der Waals surface area (Å²) in [6, 6.07) is 18.6. The first-order chi connectivity index (χ1) is 14.9. The largest absolute Gasteiger partial charge is 0.338 e. The normalized spacial score (nSPS) is 19.4.